The van der Waals surface area contributed by atoms with Crippen LogP contribution in [-0.4, -0.2) is 16.4 Å². The molecule has 0 aliphatic heterocycles. The van der Waals surface area contributed by atoms with Gasteiger partial charge in [-0.2, -0.15) is 0 Å². The van der Waals surface area contributed by atoms with E-state index in [9.17, 15) is 0 Å². The smallest absolute Gasteiger partial charge is 0.205 e. The summed E-state index contributed by atoms with van der Waals surface area (Å²) in [6, 6.07) is 0. The first-order valence-electron chi connectivity index (χ1n) is 2.16. The van der Waals surface area contributed by atoms with E-state index >= 15 is 0 Å². The highest BCUT2D eigenvalue weighted by molar-refractivity contribution is 6.24. The SMILES string of the molecule is CCOO[SiH2]C. The monoisotopic (exact) mass is 106 g/mol. The maximum absolute atomic E-state index is 4.62. The lowest BCUT2D eigenvalue weighted by molar-refractivity contribution is -0.202. The van der Waals surface area contributed by atoms with Crippen molar-refractivity contribution in [3.63, 3.8) is 0 Å². The van der Waals surface area contributed by atoms with E-state index in [0.717, 1.165) is 0 Å². The van der Waals surface area contributed by atoms with Crippen LogP contribution < -0.4 is 0 Å². The minimum Gasteiger partial charge on any atom is -0.295 e. The van der Waals surface area contributed by atoms with Crippen LogP contribution in [0.4, 0.5) is 0 Å². The number of rotatable bonds is 3. The topological polar surface area (TPSA) is 18.5 Å². The molecule has 0 fully saturated rings. The predicted molar refractivity (Wildman–Crippen MR) is 27.1 cm³/mol. The van der Waals surface area contributed by atoms with E-state index < -0.39 is 0 Å². The van der Waals surface area contributed by atoms with Crippen molar-refractivity contribution >= 4 is 9.76 Å². The quantitative estimate of drug-likeness (QED) is 0.220. The second-order valence-electron chi connectivity index (χ2n) is 0.813. The van der Waals surface area contributed by atoms with Crippen molar-refractivity contribution in [2.24, 2.45) is 0 Å². The standard InChI is InChI=1S/C3H10O2Si/c1-3-4-5-6-2/h3,6H2,1-2H3. The Hall–Kier alpha value is 0.137. The lowest BCUT2D eigenvalue weighted by Gasteiger charge is -1.92. The molecule has 38 valence electrons. The summed E-state index contributed by atoms with van der Waals surface area (Å²) in [5.41, 5.74) is 0. The van der Waals surface area contributed by atoms with Crippen LogP contribution in [0.25, 0.3) is 0 Å². The summed E-state index contributed by atoms with van der Waals surface area (Å²) >= 11 is 0. The fourth-order valence-electron chi connectivity index (χ4n) is 0.167. The van der Waals surface area contributed by atoms with Gasteiger partial charge < -0.3 is 0 Å². The molecule has 0 rings (SSSR count). The van der Waals surface area contributed by atoms with Crippen molar-refractivity contribution in [2.75, 3.05) is 6.61 Å². The third kappa shape index (κ3) is 4.14. The molecular formula is C3H10O2Si. The van der Waals surface area contributed by atoms with Crippen molar-refractivity contribution in [3.05, 3.63) is 0 Å². The maximum Gasteiger partial charge on any atom is 0.205 e. The first-order chi connectivity index (χ1) is 2.91. The van der Waals surface area contributed by atoms with Gasteiger partial charge in [-0.05, 0) is 13.5 Å². The molecule has 0 radical (unpaired) electrons. The van der Waals surface area contributed by atoms with E-state index in [2.05, 4.69) is 9.46 Å². The summed E-state index contributed by atoms with van der Waals surface area (Å²) in [6.07, 6.45) is 0. The van der Waals surface area contributed by atoms with Gasteiger partial charge in [0.2, 0.25) is 9.76 Å². The molecule has 2 nitrogen and oxygen atoms in total. The van der Waals surface area contributed by atoms with E-state index in [-0.39, 0.29) is 9.76 Å². The van der Waals surface area contributed by atoms with Crippen LogP contribution in [0, 0.1) is 0 Å². The van der Waals surface area contributed by atoms with Crippen molar-refractivity contribution in [2.45, 2.75) is 13.5 Å². The van der Waals surface area contributed by atoms with Gasteiger partial charge in [-0.3, -0.25) is 4.58 Å². The first kappa shape index (κ1) is 6.14. The van der Waals surface area contributed by atoms with Gasteiger partial charge in [-0.1, -0.05) is 0 Å². The van der Waals surface area contributed by atoms with Crippen molar-refractivity contribution < 1.29 is 9.46 Å². The normalized spacial score (nSPS) is 11.0. The van der Waals surface area contributed by atoms with Gasteiger partial charge in [-0.25, -0.2) is 4.89 Å². The van der Waals surface area contributed by atoms with E-state index in [1.807, 2.05) is 13.5 Å². The average Bonchev–Trinajstić information content (AvgIpc) is 1.61. The Morgan fingerprint density at radius 1 is 1.67 bits per heavy atom. The number of hydrogen-bond donors (Lipinski definition) is 0. The largest absolute Gasteiger partial charge is 0.295 e. The Balaban J connectivity index is 2.34. The molecule has 6 heavy (non-hydrogen) atoms. The van der Waals surface area contributed by atoms with Crippen LogP contribution in [0.3, 0.4) is 0 Å². The van der Waals surface area contributed by atoms with E-state index in [1.165, 1.54) is 0 Å². The van der Waals surface area contributed by atoms with Gasteiger partial charge in [0.05, 0.1) is 6.61 Å². The van der Waals surface area contributed by atoms with E-state index in [1.54, 1.807) is 0 Å². The Morgan fingerprint density at radius 3 is 2.50 bits per heavy atom. The third-order valence-corrected chi connectivity index (χ3v) is 0.721. The molecule has 0 aliphatic rings. The van der Waals surface area contributed by atoms with Gasteiger partial charge in [0.1, 0.15) is 0 Å². The lowest BCUT2D eigenvalue weighted by Crippen LogP contribution is -1.93. The van der Waals surface area contributed by atoms with Gasteiger partial charge in [0, 0.05) is 0 Å². The van der Waals surface area contributed by atoms with Gasteiger partial charge >= 0.3 is 0 Å². The van der Waals surface area contributed by atoms with Gasteiger partial charge in [-0.15, -0.1) is 0 Å². The minimum atomic E-state index is -0.319. The number of hydrogen-bond acceptors (Lipinski definition) is 2. The zero-order valence-electron chi connectivity index (χ0n) is 4.23. The second-order valence-corrected chi connectivity index (χ2v) is 1.63. The molecule has 0 bridgehead atoms. The molecule has 0 heterocycles. The highest BCUT2D eigenvalue weighted by atomic mass is 28.2. The Kier molecular flexibility index (Phi) is 5.25. The highest BCUT2D eigenvalue weighted by Gasteiger charge is 1.72. The summed E-state index contributed by atoms with van der Waals surface area (Å²) < 4.78 is 4.62. The minimum absolute atomic E-state index is 0.319. The van der Waals surface area contributed by atoms with Crippen LogP contribution >= 0.6 is 0 Å². The van der Waals surface area contributed by atoms with Crippen LogP contribution in [0.2, 0.25) is 6.55 Å². The van der Waals surface area contributed by atoms with Crippen molar-refractivity contribution in [3.8, 4) is 0 Å². The molecule has 0 aliphatic carbocycles. The highest BCUT2D eigenvalue weighted by Crippen LogP contribution is 1.69. The summed E-state index contributed by atoms with van der Waals surface area (Å²) in [7, 11) is -0.319. The Bertz CT molecular complexity index is 20.8. The molecule has 0 amide bonds. The molecule has 0 saturated heterocycles. The molecule has 0 spiro atoms. The van der Waals surface area contributed by atoms with Crippen LogP contribution in [0.5, 0.6) is 0 Å². The molecule has 0 N–H and O–H groups in total. The first-order valence-corrected chi connectivity index (χ1v) is 4.15. The summed E-state index contributed by atoms with van der Waals surface area (Å²) in [5, 5.41) is 0. The van der Waals surface area contributed by atoms with Crippen molar-refractivity contribution in [1.29, 1.82) is 0 Å². The summed E-state index contributed by atoms with van der Waals surface area (Å²) in [6.45, 7) is 4.60. The molecule has 3 heteroatoms. The Morgan fingerprint density at radius 2 is 2.33 bits per heavy atom. The van der Waals surface area contributed by atoms with E-state index in [0.29, 0.717) is 6.61 Å². The fraction of sp³-hybridized carbons (Fsp3) is 1.00. The molecule has 0 aromatic heterocycles. The molecular weight excluding hydrogens is 96.1 g/mol. The van der Waals surface area contributed by atoms with Gasteiger partial charge in [0.15, 0.2) is 0 Å². The van der Waals surface area contributed by atoms with E-state index in [4.69, 9.17) is 0 Å². The Labute approximate surface area is 40.3 Å². The molecule has 0 aromatic rings. The van der Waals surface area contributed by atoms with Crippen LogP contribution in [0.15, 0.2) is 0 Å². The lowest BCUT2D eigenvalue weighted by atomic mass is 10.9. The third-order valence-electron chi connectivity index (χ3n) is 0.319. The molecule has 0 saturated carbocycles. The predicted octanol–water partition coefficient (Wildman–Crippen LogP) is 0.0864. The van der Waals surface area contributed by atoms with Crippen LogP contribution in [0.1, 0.15) is 6.92 Å². The van der Waals surface area contributed by atoms with Crippen molar-refractivity contribution in [1.82, 2.24) is 0 Å². The second kappa shape index (κ2) is 5.14. The van der Waals surface area contributed by atoms with Crippen LogP contribution in [-0.2, 0) is 9.46 Å². The molecule has 0 unspecified atom stereocenters. The maximum atomic E-state index is 4.62. The summed E-state index contributed by atoms with van der Waals surface area (Å²) in [4.78, 5) is 4.54. The average molecular weight is 106 g/mol. The zero-order chi connectivity index (χ0) is 4.83. The molecule has 0 aromatic carbocycles. The molecule has 0 atom stereocenters. The summed E-state index contributed by atoms with van der Waals surface area (Å²) in [5.74, 6) is 0. The fourth-order valence-corrected chi connectivity index (χ4v) is 0.500. The zero-order valence-corrected chi connectivity index (χ0v) is 5.64. The van der Waals surface area contributed by atoms with Gasteiger partial charge in [0.25, 0.3) is 0 Å².